The summed E-state index contributed by atoms with van der Waals surface area (Å²) in [6.07, 6.45) is 6.22. The zero-order valence-corrected chi connectivity index (χ0v) is 65.8. The number of nitrogens with zero attached hydrogens (tertiary/aromatic N) is 10. The van der Waals surface area contributed by atoms with Crippen LogP contribution in [0.3, 0.4) is 0 Å². The molecule has 4 fully saturated rings. The zero-order valence-electron chi connectivity index (χ0n) is 65.8. The monoisotopic (exact) mass is 1560 g/mol. The lowest BCUT2D eigenvalue weighted by atomic mass is 9.86. The molecule has 8 aromatic heterocycles. The second kappa shape index (κ2) is 27.3. The fourth-order valence-corrected chi connectivity index (χ4v) is 20.6. The Hall–Kier alpha value is -14.2. The van der Waals surface area contributed by atoms with Crippen LogP contribution in [0.1, 0.15) is 91.7 Å². The fraction of sp³-hybridized carbons (Fsp3) is 0.234. The van der Waals surface area contributed by atoms with Crippen molar-refractivity contribution in [2.75, 3.05) is 54.4 Å². The van der Waals surface area contributed by atoms with Gasteiger partial charge in [-0.15, -0.1) is 0 Å². The van der Waals surface area contributed by atoms with Crippen molar-refractivity contribution in [1.29, 1.82) is 0 Å². The Kier molecular flexibility index (Phi) is 16.5. The van der Waals surface area contributed by atoms with Gasteiger partial charge in [0, 0.05) is 202 Å². The Balaban J connectivity index is 0.0000000978. The number of H-pyrrole nitrogens is 6. The van der Waals surface area contributed by atoms with Gasteiger partial charge in [-0.25, -0.2) is 0 Å². The van der Waals surface area contributed by atoms with Crippen molar-refractivity contribution >= 4 is 134 Å². The number of aromatic nitrogens is 8. The molecule has 0 radical (unpaired) electrons. The van der Waals surface area contributed by atoms with Crippen LogP contribution in [-0.4, -0.2) is 204 Å². The van der Waals surface area contributed by atoms with Crippen molar-refractivity contribution in [2.24, 2.45) is 14.1 Å². The number of nitrogens with one attached hydrogen (secondary N) is 6. The summed E-state index contributed by atoms with van der Waals surface area (Å²) in [4.78, 5) is 140. The lowest BCUT2D eigenvalue weighted by Gasteiger charge is -2.46. The Morgan fingerprint density at radius 2 is 0.644 bits per heavy atom. The van der Waals surface area contributed by atoms with E-state index in [1.54, 1.807) is 57.6 Å². The summed E-state index contributed by atoms with van der Waals surface area (Å²) in [7, 11) is 10.9. The SMILES string of the molecule is CN1CC(=O)N2[C@H](c3c[nH]c4ccccc34)c3[nH]c4ccccc4c3C[C@@H]2C1=O.CN1CC(=O)N2[C@H](c3cc4ccccc4[nH]3)c3[nH]c4ccccc4c3C[C@@H]2C1=O.CN1CC(=O)N2[C@H](c3cc4ccccc4n3C)c3[nH]c4ccccc4c3C[C@@H]2C1=O.CN1CC(=O)N2[C@H](c3cn(C)c4ccccc34)c3[nH]c4ccccc4c3C[C@@H]2C1=O. The third-order valence-corrected chi connectivity index (χ3v) is 26.1. The number of hydrogen-bond acceptors (Lipinski definition) is 8. The molecule has 4 saturated heterocycles. The molecule has 0 saturated carbocycles. The second-order valence-corrected chi connectivity index (χ2v) is 32.7. The molecule has 0 aliphatic carbocycles. The van der Waals surface area contributed by atoms with Gasteiger partial charge in [-0.3, -0.25) is 38.4 Å². The minimum absolute atomic E-state index is 0.00152. The van der Waals surface area contributed by atoms with E-state index in [0.717, 1.165) is 155 Å². The Morgan fingerprint density at radius 1 is 0.305 bits per heavy atom. The topological polar surface area (TPSA) is 267 Å². The molecule has 24 nitrogen and oxygen atoms in total. The first kappa shape index (κ1) is 71.6. The van der Waals surface area contributed by atoms with Crippen LogP contribution in [-0.2, 0) is 78.1 Å². The van der Waals surface area contributed by atoms with Gasteiger partial charge in [0.1, 0.15) is 48.3 Å². The van der Waals surface area contributed by atoms with Gasteiger partial charge in [-0.05, 0) is 93.7 Å². The van der Waals surface area contributed by atoms with Gasteiger partial charge >= 0.3 is 0 Å². The van der Waals surface area contributed by atoms with E-state index in [-0.39, 0.29) is 97.6 Å². The molecule has 588 valence electrons. The molecular weight excluding hydrogens is 1480 g/mol. The van der Waals surface area contributed by atoms with Gasteiger partial charge in [-0.1, -0.05) is 146 Å². The number of fused-ring (bicyclic) bond motifs is 20. The molecule has 24 heteroatoms. The highest BCUT2D eigenvalue weighted by Crippen LogP contribution is 2.50. The second-order valence-electron chi connectivity index (χ2n) is 32.7. The van der Waals surface area contributed by atoms with Gasteiger partial charge in [0.25, 0.3) is 0 Å². The molecule has 8 aliphatic rings. The molecule has 6 N–H and O–H groups in total. The van der Waals surface area contributed by atoms with Crippen molar-refractivity contribution in [3.8, 4) is 0 Å². The average Bonchev–Trinajstić information content (AvgIpc) is 1.50. The van der Waals surface area contributed by atoms with E-state index in [2.05, 4.69) is 136 Å². The van der Waals surface area contributed by atoms with Crippen molar-refractivity contribution < 1.29 is 38.4 Å². The van der Waals surface area contributed by atoms with E-state index in [1.165, 1.54) is 0 Å². The number of aryl methyl sites for hydroxylation is 2. The first-order valence-electron chi connectivity index (χ1n) is 40.2. The molecule has 118 heavy (non-hydrogen) atoms. The summed E-state index contributed by atoms with van der Waals surface area (Å²) >= 11 is 0. The molecule has 0 bridgehead atoms. The minimum atomic E-state index is -0.482. The maximum atomic E-state index is 13.2. The molecule has 8 aliphatic heterocycles. The lowest BCUT2D eigenvalue weighted by molar-refractivity contribution is -0.157. The van der Waals surface area contributed by atoms with Crippen molar-refractivity contribution in [2.45, 2.75) is 74.0 Å². The minimum Gasteiger partial charge on any atom is -0.361 e. The number of piperazine rings is 4. The highest BCUT2D eigenvalue weighted by atomic mass is 16.2. The van der Waals surface area contributed by atoms with Gasteiger partial charge < -0.3 is 78.2 Å². The van der Waals surface area contributed by atoms with Gasteiger partial charge in [-0.2, -0.15) is 0 Å². The maximum Gasteiger partial charge on any atom is 0.245 e. The summed E-state index contributed by atoms with van der Waals surface area (Å²) in [5.74, 6) is -0.0372. The number of rotatable bonds is 4. The predicted octanol–water partition coefficient (Wildman–Crippen LogP) is 11.9. The Bertz CT molecular complexity index is 6890. The van der Waals surface area contributed by atoms with Crippen LogP contribution < -0.4 is 0 Å². The van der Waals surface area contributed by atoms with Gasteiger partial charge in [0.2, 0.25) is 47.3 Å². The van der Waals surface area contributed by atoms with Crippen LogP contribution in [0.4, 0.5) is 0 Å². The third-order valence-electron chi connectivity index (χ3n) is 26.1. The Labute approximate surface area is 676 Å². The van der Waals surface area contributed by atoms with Crippen LogP contribution in [0.5, 0.6) is 0 Å². The molecule has 0 spiro atoms. The number of amides is 8. The summed E-state index contributed by atoms with van der Waals surface area (Å²) in [5, 5.41) is 8.90. The summed E-state index contributed by atoms with van der Waals surface area (Å²) in [5.41, 5.74) is 21.0. The largest absolute Gasteiger partial charge is 0.361 e. The third kappa shape index (κ3) is 11.0. The van der Waals surface area contributed by atoms with Crippen molar-refractivity contribution in [1.82, 2.24) is 78.2 Å². The van der Waals surface area contributed by atoms with E-state index in [0.29, 0.717) is 25.7 Å². The highest BCUT2D eigenvalue weighted by Gasteiger charge is 2.53. The zero-order chi connectivity index (χ0) is 80.5. The summed E-state index contributed by atoms with van der Waals surface area (Å²) in [6.45, 7) is 0.461. The van der Waals surface area contributed by atoms with E-state index in [9.17, 15) is 38.4 Å². The molecule has 24 rings (SSSR count). The van der Waals surface area contributed by atoms with E-state index < -0.39 is 24.2 Å². The van der Waals surface area contributed by atoms with E-state index >= 15 is 0 Å². The lowest BCUT2D eigenvalue weighted by Crippen LogP contribution is -2.62. The van der Waals surface area contributed by atoms with Crippen molar-refractivity contribution in [3.05, 3.63) is 286 Å². The number of likely N-dealkylation sites (N-methyl/N-ethyl adjacent to an activating group) is 4. The van der Waals surface area contributed by atoms with Crippen LogP contribution in [0, 0.1) is 0 Å². The predicted molar refractivity (Wildman–Crippen MR) is 451 cm³/mol. The number of benzene rings is 8. The first-order valence-corrected chi connectivity index (χ1v) is 40.2. The van der Waals surface area contributed by atoms with Gasteiger partial charge in [0.05, 0.1) is 26.2 Å². The number of hydrogen-bond donors (Lipinski definition) is 6. The van der Waals surface area contributed by atoms with Crippen molar-refractivity contribution in [3.63, 3.8) is 0 Å². The number of carbonyl (C=O) groups excluding carboxylic acids is 8. The number of aromatic amines is 6. The first-order chi connectivity index (χ1) is 57.3. The Morgan fingerprint density at radius 3 is 1.08 bits per heavy atom. The van der Waals surface area contributed by atoms with Gasteiger partial charge in [0.15, 0.2) is 0 Å². The smallest absolute Gasteiger partial charge is 0.245 e. The quantitative estimate of drug-likeness (QED) is 0.0984. The van der Waals surface area contributed by atoms with Crippen LogP contribution in [0.2, 0.25) is 0 Å². The fourth-order valence-electron chi connectivity index (χ4n) is 20.6. The van der Waals surface area contributed by atoms with Crippen LogP contribution in [0.25, 0.3) is 87.2 Å². The molecule has 8 aromatic carbocycles. The standard InChI is InChI=1S/2C24H22N4O2.2C23H20N4O2/c1-26-13-21(29)28-20(24(26)30)12-16-15-8-4-5-9-17(15)25-22(16)23(28)19-11-14-7-3-6-10-18(14)27(19)2;1-26-12-17(15-8-4-6-10-19(15)26)23-22-16(14-7-3-5-9-18(14)25-22)11-20-24(30)27(2)13-21(29)28(20)23;1-26-12-20(28)27-19(23(26)29)10-15-13-6-3-5-9-18(13)25-21(15)22(27)16-11-24-17-8-4-2-7-14(16)17;1-26-12-20(28)27-19(23(26)29)11-15-14-7-3-5-9-17(14)25-21(15)22(27)18-10-13-6-2-4-8-16(13)24-18/h3-11,20,23,25H,12-13H2,1-2H3;3-10,12,20,23,25H,11,13H2,1-2H3;2-9,11,19,22,24-25H,10,12H2,1H3;2-10,19,22,24-25H,11-12H2,1H3/t2*20-,23-;2*19-,22-/m1111/s1. The molecular formula is C94H84N16O8. The van der Waals surface area contributed by atoms with E-state index in [4.69, 9.17) is 0 Å². The highest BCUT2D eigenvalue weighted by molar-refractivity contribution is 6.03. The molecule has 16 heterocycles. The molecule has 8 atom stereocenters. The molecule has 0 unspecified atom stereocenters. The maximum absolute atomic E-state index is 13.2. The number of para-hydroxylation sites is 8. The molecule has 8 amide bonds. The molecule has 16 aromatic rings. The normalized spacial score (nSPS) is 21.5. The van der Waals surface area contributed by atoms with Crippen LogP contribution >= 0.6 is 0 Å². The average molecular weight is 1570 g/mol. The van der Waals surface area contributed by atoms with E-state index in [1.807, 2.05) is 145 Å². The number of carbonyl (C=O) groups is 8. The van der Waals surface area contributed by atoms with Crippen LogP contribution in [0.15, 0.2) is 219 Å². The summed E-state index contributed by atoms with van der Waals surface area (Å²) < 4.78 is 4.24. The summed E-state index contributed by atoms with van der Waals surface area (Å²) in [6, 6.07) is 66.3.